The summed E-state index contributed by atoms with van der Waals surface area (Å²) in [6, 6.07) is 4.46. The van der Waals surface area contributed by atoms with Crippen molar-refractivity contribution in [3.63, 3.8) is 0 Å². The molecule has 17 heavy (non-hydrogen) atoms. The van der Waals surface area contributed by atoms with Crippen LogP contribution >= 0.6 is 15.9 Å². The molecule has 1 saturated heterocycles. The molecule has 1 aromatic carbocycles. The van der Waals surface area contributed by atoms with Crippen molar-refractivity contribution < 1.29 is 9.18 Å². The number of likely N-dealkylation sites (tertiary alicyclic amines) is 1. The minimum atomic E-state index is -0.297. The van der Waals surface area contributed by atoms with Crippen LogP contribution in [-0.4, -0.2) is 23.9 Å². The van der Waals surface area contributed by atoms with E-state index in [1.165, 1.54) is 18.6 Å². The first-order valence-electron chi connectivity index (χ1n) is 5.88. The number of carbonyl (C=O) groups is 1. The van der Waals surface area contributed by atoms with E-state index < -0.39 is 0 Å². The van der Waals surface area contributed by atoms with Crippen molar-refractivity contribution in [1.82, 2.24) is 4.90 Å². The first kappa shape index (κ1) is 12.6. The highest BCUT2D eigenvalue weighted by Gasteiger charge is 2.17. The van der Waals surface area contributed by atoms with Crippen LogP contribution in [0.2, 0.25) is 0 Å². The number of hydrogen-bond acceptors (Lipinski definition) is 1. The van der Waals surface area contributed by atoms with E-state index >= 15 is 0 Å². The number of halogens is 2. The van der Waals surface area contributed by atoms with Crippen LogP contribution in [0.5, 0.6) is 0 Å². The lowest BCUT2D eigenvalue weighted by molar-refractivity contribution is -0.131. The van der Waals surface area contributed by atoms with E-state index in [0.717, 1.165) is 36.0 Å². The predicted octanol–water partition coefficient (Wildman–Crippen LogP) is 3.14. The van der Waals surface area contributed by atoms with Crippen LogP contribution in [0.15, 0.2) is 22.7 Å². The summed E-state index contributed by atoms with van der Waals surface area (Å²) in [5.41, 5.74) is 0.723. The summed E-state index contributed by atoms with van der Waals surface area (Å²) < 4.78 is 13.9. The van der Waals surface area contributed by atoms with E-state index in [-0.39, 0.29) is 18.1 Å². The van der Waals surface area contributed by atoms with E-state index in [9.17, 15) is 9.18 Å². The predicted molar refractivity (Wildman–Crippen MR) is 68.2 cm³/mol. The first-order valence-corrected chi connectivity index (χ1v) is 6.68. The number of rotatable bonds is 2. The Kier molecular flexibility index (Phi) is 4.15. The van der Waals surface area contributed by atoms with Crippen molar-refractivity contribution in [2.24, 2.45) is 0 Å². The maximum Gasteiger partial charge on any atom is 0.227 e. The second kappa shape index (κ2) is 5.63. The summed E-state index contributed by atoms with van der Waals surface area (Å²) in [4.78, 5) is 13.9. The summed E-state index contributed by atoms with van der Waals surface area (Å²) in [7, 11) is 0. The zero-order valence-electron chi connectivity index (χ0n) is 9.59. The van der Waals surface area contributed by atoms with Gasteiger partial charge in [-0.05, 0) is 43.0 Å². The number of piperidine rings is 1. The third kappa shape index (κ3) is 3.28. The van der Waals surface area contributed by atoms with Crippen LogP contribution in [0.1, 0.15) is 24.8 Å². The van der Waals surface area contributed by atoms with E-state index in [0.29, 0.717) is 0 Å². The van der Waals surface area contributed by atoms with Gasteiger partial charge in [-0.1, -0.05) is 15.9 Å². The molecule has 2 rings (SSSR count). The van der Waals surface area contributed by atoms with Crippen molar-refractivity contribution >= 4 is 21.8 Å². The molecular weight excluding hydrogens is 285 g/mol. The Balaban J connectivity index is 2.04. The third-order valence-electron chi connectivity index (χ3n) is 3.06. The van der Waals surface area contributed by atoms with Crippen molar-refractivity contribution in [2.75, 3.05) is 13.1 Å². The molecule has 0 N–H and O–H groups in total. The Morgan fingerprint density at radius 3 is 2.71 bits per heavy atom. The average Bonchev–Trinajstić information content (AvgIpc) is 2.35. The molecule has 1 aliphatic rings. The maximum absolute atomic E-state index is 13.1. The molecule has 1 heterocycles. The summed E-state index contributed by atoms with van der Waals surface area (Å²) in [5.74, 6) is -0.203. The number of carbonyl (C=O) groups excluding carboxylic acids is 1. The van der Waals surface area contributed by atoms with Gasteiger partial charge < -0.3 is 4.90 Å². The lowest BCUT2D eigenvalue weighted by Crippen LogP contribution is -2.36. The highest BCUT2D eigenvalue weighted by atomic mass is 79.9. The molecule has 2 nitrogen and oxygen atoms in total. The molecule has 1 fully saturated rings. The Hall–Kier alpha value is -0.900. The van der Waals surface area contributed by atoms with Gasteiger partial charge in [-0.15, -0.1) is 0 Å². The monoisotopic (exact) mass is 299 g/mol. The molecule has 0 atom stereocenters. The number of amides is 1. The van der Waals surface area contributed by atoms with Crippen LogP contribution in [0.3, 0.4) is 0 Å². The van der Waals surface area contributed by atoms with Crippen molar-refractivity contribution in [1.29, 1.82) is 0 Å². The van der Waals surface area contributed by atoms with Gasteiger partial charge in [-0.2, -0.15) is 0 Å². The SMILES string of the molecule is O=C(Cc1cc(F)ccc1Br)N1CCCCC1. The lowest BCUT2D eigenvalue weighted by Gasteiger charge is -2.26. The number of nitrogens with zero attached hydrogens (tertiary/aromatic N) is 1. The Bertz CT molecular complexity index is 416. The van der Waals surface area contributed by atoms with Gasteiger partial charge in [0.15, 0.2) is 0 Å². The van der Waals surface area contributed by atoms with Crippen molar-refractivity contribution in [3.05, 3.63) is 34.1 Å². The minimum Gasteiger partial charge on any atom is -0.342 e. The minimum absolute atomic E-state index is 0.0935. The standard InChI is InChI=1S/C13H15BrFNO/c14-12-5-4-11(15)8-10(12)9-13(17)16-6-2-1-3-7-16/h4-5,8H,1-3,6-7,9H2. The molecule has 4 heteroatoms. The van der Waals surface area contributed by atoms with Gasteiger partial charge in [0.25, 0.3) is 0 Å². The Labute approximate surface area is 109 Å². The van der Waals surface area contributed by atoms with Gasteiger partial charge in [-0.3, -0.25) is 4.79 Å². The molecular formula is C13H15BrFNO. The lowest BCUT2D eigenvalue weighted by atomic mass is 10.1. The molecule has 0 bridgehead atoms. The Morgan fingerprint density at radius 1 is 1.29 bits per heavy atom. The van der Waals surface area contributed by atoms with Crippen LogP contribution < -0.4 is 0 Å². The quantitative estimate of drug-likeness (QED) is 0.821. The van der Waals surface area contributed by atoms with Crippen molar-refractivity contribution in [2.45, 2.75) is 25.7 Å². The zero-order valence-corrected chi connectivity index (χ0v) is 11.2. The van der Waals surface area contributed by atoms with Crippen LogP contribution in [-0.2, 0) is 11.2 Å². The van der Waals surface area contributed by atoms with Crippen LogP contribution in [0.4, 0.5) is 4.39 Å². The zero-order chi connectivity index (χ0) is 12.3. The highest BCUT2D eigenvalue weighted by molar-refractivity contribution is 9.10. The molecule has 0 spiro atoms. The fourth-order valence-corrected chi connectivity index (χ4v) is 2.48. The van der Waals surface area contributed by atoms with Gasteiger partial charge >= 0.3 is 0 Å². The number of benzene rings is 1. The molecule has 0 radical (unpaired) electrons. The van der Waals surface area contributed by atoms with Gasteiger partial charge in [0.05, 0.1) is 6.42 Å². The number of hydrogen-bond donors (Lipinski definition) is 0. The molecule has 0 aromatic heterocycles. The van der Waals surface area contributed by atoms with E-state index in [4.69, 9.17) is 0 Å². The van der Waals surface area contributed by atoms with Crippen molar-refractivity contribution in [3.8, 4) is 0 Å². The highest BCUT2D eigenvalue weighted by Crippen LogP contribution is 2.20. The molecule has 1 aliphatic heterocycles. The largest absolute Gasteiger partial charge is 0.342 e. The molecule has 1 aromatic rings. The summed E-state index contributed by atoms with van der Waals surface area (Å²) in [5, 5.41) is 0. The van der Waals surface area contributed by atoms with Crippen LogP contribution in [0.25, 0.3) is 0 Å². The fraction of sp³-hybridized carbons (Fsp3) is 0.462. The molecule has 92 valence electrons. The molecule has 0 saturated carbocycles. The fourth-order valence-electron chi connectivity index (χ4n) is 2.10. The van der Waals surface area contributed by atoms with Gasteiger partial charge in [0.2, 0.25) is 5.91 Å². The topological polar surface area (TPSA) is 20.3 Å². The van der Waals surface area contributed by atoms with E-state index in [2.05, 4.69) is 15.9 Å². The summed E-state index contributed by atoms with van der Waals surface area (Å²) in [6.07, 6.45) is 3.64. The second-order valence-electron chi connectivity index (χ2n) is 4.35. The Morgan fingerprint density at radius 2 is 2.00 bits per heavy atom. The van der Waals surface area contributed by atoms with E-state index in [1.54, 1.807) is 6.07 Å². The molecule has 1 amide bonds. The van der Waals surface area contributed by atoms with E-state index in [1.807, 2.05) is 4.90 Å². The third-order valence-corrected chi connectivity index (χ3v) is 3.83. The first-order chi connectivity index (χ1) is 8.16. The van der Waals surface area contributed by atoms with Gasteiger partial charge in [-0.25, -0.2) is 4.39 Å². The average molecular weight is 300 g/mol. The van der Waals surface area contributed by atoms with Crippen LogP contribution in [0, 0.1) is 5.82 Å². The second-order valence-corrected chi connectivity index (χ2v) is 5.21. The van der Waals surface area contributed by atoms with Gasteiger partial charge in [0, 0.05) is 17.6 Å². The maximum atomic E-state index is 13.1. The molecule has 0 aliphatic carbocycles. The summed E-state index contributed by atoms with van der Waals surface area (Å²) >= 11 is 3.35. The normalized spacial score (nSPS) is 16.0. The molecule has 0 unspecified atom stereocenters. The smallest absolute Gasteiger partial charge is 0.227 e. The van der Waals surface area contributed by atoms with Gasteiger partial charge in [0.1, 0.15) is 5.82 Å². The summed E-state index contributed by atoms with van der Waals surface area (Å²) in [6.45, 7) is 1.68.